The second kappa shape index (κ2) is 23.3. The molecule has 0 aliphatic heterocycles. The zero-order valence-corrected chi connectivity index (χ0v) is 34.7. The number of hydrogen-bond donors (Lipinski definition) is 7. The van der Waals surface area contributed by atoms with Crippen LogP contribution in [0.15, 0.2) is 60.7 Å². The Bertz CT molecular complexity index is 1600. The molecule has 0 unspecified atom stereocenters. The summed E-state index contributed by atoms with van der Waals surface area (Å²) in [6, 6.07) is 12.3. The average Bonchev–Trinajstić information content (AvgIpc) is 3.12. The molecule has 0 aromatic heterocycles. The largest absolute Gasteiger partial charge is 0.469 e. The van der Waals surface area contributed by atoms with E-state index >= 15 is 0 Å². The minimum Gasteiger partial charge on any atom is -0.469 e. The predicted molar refractivity (Wildman–Crippen MR) is 214 cm³/mol. The van der Waals surface area contributed by atoms with E-state index in [9.17, 15) is 39.0 Å². The van der Waals surface area contributed by atoms with Gasteiger partial charge in [-0.3, -0.25) is 24.0 Å². The van der Waals surface area contributed by atoms with Crippen LogP contribution in [-0.4, -0.2) is 95.0 Å². The van der Waals surface area contributed by atoms with Gasteiger partial charge in [-0.25, -0.2) is 4.79 Å². The summed E-state index contributed by atoms with van der Waals surface area (Å²) in [5.74, 6) is -3.18. The lowest BCUT2D eigenvalue weighted by molar-refractivity contribution is -0.144. The van der Waals surface area contributed by atoms with E-state index in [2.05, 4.69) is 31.3 Å². The van der Waals surface area contributed by atoms with Crippen molar-refractivity contribution in [3.8, 4) is 0 Å². The van der Waals surface area contributed by atoms with Gasteiger partial charge in [-0.2, -0.15) is 0 Å². The van der Waals surface area contributed by atoms with Crippen molar-refractivity contribution < 1.29 is 48.5 Å². The summed E-state index contributed by atoms with van der Waals surface area (Å²) in [5, 5.41) is 35.4. The summed E-state index contributed by atoms with van der Waals surface area (Å²) in [6.45, 7) is 14.1. The molecule has 57 heavy (non-hydrogen) atoms. The van der Waals surface area contributed by atoms with Gasteiger partial charge >= 0.3 is 12.1 Å². The van der Waals surface area contributed by atoms with Gasteiger partial charge in [0.2, 0.25) is 23.6 Å². The first kappa shape index (κ1) is 48.1. The Hall–Kier alpha value is -5.02. The summed E-state index contributed by atoms with van der Waals surface area (Å²) >= 11 is 0. The Kier molecular flexibility index (Phi) is 19.6. The monoisotopic (exact) mass is 797 g/mol. The summed E-state index contributed by atoms with van der Waals surface area (Å²) < 4.78 is 10.0. The van der Waals surface area contributed by atoms with Gasteiger partial charge < -0.3 is 46.3 Å². The van der Waals surface area contributed by atoms with Crippen LogP contribution in [0.2, 0.25) is 0 Å². The molecule has 0 saturated carbocycles. The second-order valence-corrected chi connectivity index (χ2v) is 16.1. The normalized spacial score (nSPS) is 15.2. The van der Waals surface area contributed by atoms with Crippen LogP contribution in [-0.2, 0) is 39.9 Å². The van der Waals surface area contributed by atoms with Gasteiger partial charge in [0.05, 0.1) is 44.2 Å². The van der Waals surface area contributed by atoms with Crippen LogP contribution in [0.4, 0.5) is 4.79 Å². The fourth-order valence-electron chi connectivity index (χ4n) is 6.01. The number of aliphatic hydroxyl groups excluding tert-OH is 2. The molecule has 316 valence electrons. The molecule has 0 aliphatic rings. The number of nitrogens with one attached hydrogen (secondary N) is 5. The van der Waals surface area contributed by atoms with Crippen LogP contribution in [0, 0.1) is 11.8 Å². The molecule has 5 amide bonds. The van der Waals surface area contributed by atoms with Crippen LogP contribution in [0.5, 0.6) is 0 Å². The Labute approximate surface area is 336 Å². The molecule has 2 aromatic carbocycles. The van der Waals surface area contributed by atoms with Gasteiger partial charge in [0.15, 0.2) is 0 Å². The third-order valence-electron chi connectivity index (χ3n) is 8.78. The topological polar surface area (TPSA) is 221 Å². The fraction of sp³-hybridized carbons (Fsp3) is 0.571. The standard InChI is InChI=1S/C42H63N5O10/c1-25(2)20-30(33(48)23-35(50)43-27(5)38(52)44-31(21-26(3)4)34(49)24-36(51)56-9)45-39(53)32(22-28-16-12-10-13-17-28)46-40(54)37(29-18-14-11-15-19-29)47-41(55)57-42(6,7)8/h10-19,25-27,30-34,37,48-49H,20-24H2,1-9H3,(H,43,50)(H,44,52)(H,45,53)(H,46,54)(H,47,55)/t27-,30-,31-,32-,33-,34-,37-/m0/s1. The molecule has 0 radical (unpaired) electrons. The highest BCUT2D eigenvalue weighted by Gasteiger charge is 2.33. The number of benzene rings is 2. The van der Waals surface area contributed by atoms with Crippen molar-refractivity contribution in [3.05, 3.63) is 71.8 Å². The van der Waals surface area contributed by atoms with Crippen LogP contribution in [0.1, 0.15) is 98.2 Å². The SMILES string of the molecule is COC(=O)C[C@H](O)[C@H](CC(C)C)NC(=O)[C@H](C)NC(=O)C[C@H](O)[C@H](CC(C)C)NC(=O)[C@H](Cc1ccccc1)NC(=O)[C@@H](NC(=O)OC(C)(C)C)c1ccccc1. The van der Waals surface area contributed by atoms with Gasteiger partial charge in [-0.05, 0) is 63.5 Å². The molecule has 15 heteroatoms. The van der Waals surface area contributed by atoms with Gasteiger partial charge in [0, 0.05) is 6.42 Å². The summed E-state index contributed by atoms with van der Waals surface area (Å²) in [6.07, 6.45) is -3.53. The zero-order chi connectivity index (χ0) is 42.9. The highest BCUT2D eigenvalue weighted by molar-refractivity contribution is 5.92. The maximum absolute atomic E-state index is 14.1. The number of amides is 5. The number of aliphatic hydroxyl groups is 2. The number of ether oxygens (including phenoxy) is 2. The van der Waals surface area contributed by atoms with E-state index in [4.69, 9.17) is 4.74 Å². The Morgan fingerprint density at radius 3 is 1.67 bits per heavy atom. The maximum atomic E-state index is 14.1. The average molecular weight is 798 g/mol. The number of hydrogen-bond acceptors (Lipinski definition) is 10. The summed E-state index contributed by atoms with van der Waals surface area (Å²) in [4.78, 5) is 78.8. The van der Waals surface area contributed by atoms with Crippen molar-refractivity contribution in [2.75, 3.05) is 7.11 Å². The van der Waals surface area contributed by atoms with E-state index in [0.717, 1.165) is 5.56 Å². The van der Waals surface area contributed by atoms with E-state index in [1.54, 1.807) is 75.4 Å². The molecular weight excluding hydrogens is 734 g/mol. The van der Waals surface area contributed by atoms with E-state index in [1.165, 1.54) is 14.0 Å². The highest BCUT2D eigenvalue weighted by atomic mass is 16.6. The van der Waals surface area contributed by atoms with Crippen molar-refractivity contribution >= 4 is 35.7 Å². The number of alkyl carbamates (subject to hydrolysis) is 1. The first-order valence-corrected chi connectivity index (χ1v) is 19.4. The van der Waals surface area contributed by atoms with Crippen molar-refractivity contribution in [1.82, 2.24) is 26.6 Å². The van der Waals surface area contributed by atoms with Gasteiger partial charge in [-0.1, -0.05) is 88.4 Å². The Morgan fingerprint density at radius 2 is 1.16 bits per heavy atom. The van der Waals surface area contributed by atoms with Crippen LogP contribution < -0.4 is 26.6 Å². The number of esters is 1. The zero-order valence-electron chi connectivity index (χ0n) is 34.7. The molecule has 15 nitrogen and oxygen atoms in total. The fourth-order valence-corrected chi connectivity index (χ4v) is 6.01. The molecule has 0 saturated heterocycles. The minimum atomic E-state index is -1.39. The predicted octanol–water partition coefficient (Wildman–Crippen LogP) is 3.22. The minimum absolute atomic E-state index is 0.0327. The van der Waals surface area contributed by atoms with Crippen LogP contribution in [0.3, 0.4) is 0 Å². The lowest BCUT2D eigenvalue weighted by Crippen LogP contribution is -2.56. The number of methoxy groups -OCH3 is 1. The van der Waals surface area contributed by atoms with E-state index < -0.39 is 90.1 Å². The number of carbonyl (C=O) groups is 6. The lowest BCUT2D eigenvalue weighted by Gasteiger charge is -2.29. The van der Waals surface area contributed by atoms with Crippen molar-refractivity contribution in [3.63, 3.8) is 0 Å². The van der Waals surface area contributed by atoms with E-state index in [1.807, 2.05) is 33.8 Å². The number of rotatable bonds is 21. The molecule has 0 fully saturated rings. The Morgan fingerprint density at radius 1 is 0.649 bits per heavy atom. The molecule has 2 rings (SSSR count). The Balaban J connectivity index is 2.25. The van der Waals surface area contributed by atoms with Gasteiger partial charge in [-0.15, -0.1) is 0 Å². The van der Waals surface area contributed by atoms with Crippen molar-refractivity contribution in [2.45, 2.75) is 136 Å². The molecule has 0 heterocycles. The highest BCUT2D eigenvalue weighted by Crippen LogP contribution is 2.18. The van der Waals surface area contributed by atoms with Crippen LogP contribution in [0.25, 0.3) is 0 Å². The lowest BCUT2D eigenvalue weighted by atomic mass is 9.95. The quantitative estimate of drug-likeness (QED) is 0.0915. The molecule has 7 N–H and O–H groups in total. The smallest absolute Gasteiger partial charge is 0.408 e. The molecular formula is C42H63N5O10. The molecule has 0 bridgehead atoms. The third kappa shape index (κ3) is 18.2. The van der Waals surface area contributed by atoms with Gasteiger partial charge in [0.1, 0.15) is 23.7 Å². The van der Waals surface area contributed by atoms with Gasteiger partial charge in [0.25, 0.3) is 0 Å². The van der Waals surface area contributed by atoms with Crippen LogP contribution >= 0.6 is 0 Å². The summed E-state index contributed by atoms with van der Waals surface area (Å²) in [7, 11) is 1.20. The molecule has 2 aromatic rings. The summed E-state index contributed by atoms with van der Waals surface area (Å²) in [5.41, 5.74) is 0.350. The van der Waals surface area contributed by atoms with E-state index in [-0.39, 0.29) is 31.1 Å². The first-order valence-electron chi connectivity index (χ1n) is 19.4. The third-order valence-corrected chi connectivity index (χ3v) is 8.78. The van der Waals surface area contributed by atoms with Crippen molar-refractivity contribution in [1.29, 1.82) is 0 Å². The van der Waals surface area contributed by atoms with E-state index in [0.29, 0.717) is 12.0 Å². The molecule has 0 aliphatic carbocycles. The first-order chi connectivity index (χ1) is 26.7. The number of carbonyl (C=O) groups excluding carboxylic acids is 6. The molecule has 7 atom stereocenters. The maximum Gasteiger partial charge on any atom is 0.408 e. The van der Waals surface area contributed by atoms with Crippen molar-refractivity contribution in [2.24, 2.45) is 11.8 Å². The molecule has 0 spiro atoms. The second-order valence-electron chi connectivity index (χ2n) is 16.1.